The summed E-state index contributed by atoms with van der Waals surface area (Å²) in [5.41, 5.74) is -7.79. The lowest BCUT2D eigenvalue weighted by molar-refractivity contribution is -0.196. The molecule has 0 bridgehead atoms. The first-order valence-electron chi connectivity index (χ1n) is 8.83. The molecule has 32 heavy (non-hydrogen) atoms. The van der Waals surface area contributed by atoms with Gasteiger partial charge in [-0.2, -0.15) is 13.2 Å². The molecule has 0 radical (unpaired) electrons. The van der Waals surface area contributed by atoms with Crippen LogP contribution < -0.4 is 21.9 Å². The lowest BCUT2D eigenvalue weighted by Crippen LogP contribution is -2.62. The first kappa shape index (κ1) is 21.3. The number of H-pyrrole nitrogens is 1. The number of halogens is 4. The number of aromatic nitrogens is 3. The van der Waals surface area contributed by atoms with Gasteiger partial charge in [0.25, 0.3) is 22.9 Å². The Morgan fingerprint density at radius 2 is 1.81 bits per heavy atom. The molecule has 13 heteroatoms. The standard InChI is InChI=1S/C19H11ClF3N5O4/c20-10-3-5-11(6-4-10)28-13-12(15(30)26-17(28)32)18(16(31)25-13,19(21,22)23)27-14(29)9-2-1-7-24-8-9/h1-8H,(H,25,31)(H,27,29)(H,26,30,32). The van der Waals surface area contributed by atoms with E-state index in [1.54, 1.807) is 10.3 Å². The summed E-state index contributed by atoms with van der Waals surface area (Å²) < 4.78 is 43.7. The van der Waals surface area contributed by atoms with Crippen molar-refractivity contribution >= 4 is 29.2 Å². The number of anilines is 1. The lowest BCUT2D eigenvalue weighted by Gasteiger charge is -2.30. The van der Waals surface area contributed by atoms with Gasteiger partial charge < -0.3 is 10.6 Å². The van der Waals surface area contributed by atoms with Crippen molar-refractivity contribution in [2.75, 3.05) is 5.32 Å². The second-order valence-corrected chi connectivity index (χ2v) is 7.13. The van der Waals surface area contributed by atoms with Crippen LogP contribution in [0, 0.1) is 0 Å². The highest BCUT2D eigenvalue weighted by Crippen LogP contribution is 2.45. The first-order valence-corrected chi connectivity index (χ1v) is 9.20. The van der Waals surface area contributed by atoms with Gasteiger partial charge in [-0.1, -0.05) is 11.6 Å². The molecule has 1 aliphatic rings. The van der Waals surface area contributed by atoms with E-state index in [-0.39, 0.29) is 16.3 Å². The van der Waals surface area contributed by atoms with E-state index >= 15 is 0 Å². The number of nitrogens with zero attached hydrogens (tertiary/aromatic N) is 2. The number of aromatic amines is 1. The van der Waals surface area contributed by atoms with Crippen LogP contribution >= 0.6 is 11.6 Å². The van der Waals surface area contributed by atoms with Gasteiger partial charge in [-0.3, -0.25) is 24.4 Å². The van der Waals surface area contributed by atoms with Crippen LogP contribution in [0.25, 0.3) is 5.69 Å². The van der Waals surface area contributed by atoms with Crippen molar-refractivity contribution < 1.29 is 22.8 Å². The van der Waals surface area contributed by atoms with E-state index in [2.05, 4.69) is 4.98 Å². The molecular formula is C19H11ClF3N5O4. The third kappa shape index (κ3) is 3.15. The topological polar surface area (TPSA) is 126 Å². The number of amides is 2. The molecule has 3 aromatic rings. The van der Waals surface area contributed by atoms with Gasteiger partial charge in [-0.05, 0) is 36.4 Å². The number of hydrogen-bond acceptors (Lipinski definition) is 5. The minimum absolute atomic E-state index is 0.0174. The minimum Gasteiger partial charge on any atom is -0.326 e. The van der Waals surface area contributed by atoms with E-state index in [0.29, 0.717) is 4.57 Å². The van der Waals surface area contributed by atoms with Crippen LogP contribution in [0.1, 0.15) is 15.9 Å². The van der Waals surface area contributed by atoms with Crippen LogP contribution in [0.2, 0.25) is 5.02 Å². The Labute approximate surface area is 180 Å². The molecule has 2 amide bonds. The van der Waals surface area contributed by atoms with Crippen molar-refractivity contribution in [2.24, 2.45) is 0 Å². The highest BCUT2D eigenvalue weighted by atomic mass is 35.5. The molecule has 0 fully saturated rings. The summed E-state index contributed by atoms with van der Waals surface area (Å²) >= 11 is 5.81. The molecule has 0 spiro atoms. The molecule has 4 rings (SSSR count). The minimum atomic E-state index is -5.45. The molecule has 164 valence electrons. The van der Waals surface area contributed by atoms with Gasteiger partial charge in [0.2, 0.25) is 0 Å². The zero-order valence-electron chi connectivity index (χ0n) is 15.7. The molecule has 0 aliphatic carbocycles. The maximum atomic E-state index is 14.3. The Balaban J connectivity index is 1.98. The van der Waals surface area contributed by atoms with Crippen LogP contribution in [0.15, 0.2) is 58.4 Å². The van der Waals surface area contributed by atoms with E-state index < -0.39 is 46.2 Å². The fourth-order valence-corrected chi connectivity index (χ4v) is 3.48. The Kier molecular flexibility index (Phi) is 4.89. The monoisotopic (exact) mass is 465 g/mol. The van der Waals surface area contributed by atoms with Crippen molar-refractivity contribution in [3.63, 3.8) is 0 Å². The van der Waals surface area contributed by atoms with Gasteiger partial charge in [-0.25, -0.2) is 9.36 Å². The van der Waals surface area contributed by atoms with Crippen molar-refractivity contribution in [3.8, 4) is 5.69 Å². The lowest BCUT2D eigenvalue weighted by atomic mass is 9.91. The molecule has 3 heterocycles. The molecule has 1 unspecified atom stereocenters. The van der Waals surface area contributed by atoms with Crippen molar-refractivity contribution in [2.45, 2.75) is 11.7 Å². The molecule has 1 aromatic carbocycles. The van der Waals surface area contributed by atoms with Crippen LogP contribution in [0.5, 0.6) is 0 Å². The van der Waals surface area contributed by atoms with E-state index in [9.17, 15) is 32.3 Å². The third-order valence-electron chi connectivity index (χ3n) is 4.79. The molecule has 1 aliphatic heterocycles. The predicted octanol–water partition coefficient (Wildman–Crippen LogP) is 1.71. The summed E-state index contributed by atoms with van der Waals surface area (Å²) in [5.74, 6) is -3.78. The number of hydrogen-bond donors (Lipinski definition) is 3. The van der Waals surface area contributed by atoms with E-state index in [1.165, 1.54) is 42.6 Å². The van der Waals surface area contributed by atoms with Crippen molar-refractivity contribution in [1.29, 1.82) is 0 Å². The molecule has 1 atom stereocenters. The average Bonchev–Trinajstić information content (AvgIpc) is 3.03. The maximum absolute atomic E-state index is 14.3. The maximum Gasteiger partial charge on any atom is 0.425 e. The number of carbonyl (C=O) groups is 2. The fraction of sp³-hybridized carbons (Fsp3) is 0.105. The summed E-state index contributed by atoms with van der Waals surface area (Å²) in [6.07, 6.45) is -3.16. The quantitative estimate of drug-likeness (QED) is 0.543. The number of nitrogens with one attached hydrogen (secondary N) is 3. The smallest absolute Gasteiger partial charge is 0.326 e. The Morgan fingerprint density at radius 3 is 2.41 bits per heavy atom. The summed E-state index contributed by atoms with van der Waals surface area (Å²) in [4.78, 5) is 55.7. The van der Waals surface area contributed by atoms with Crippen molar-refractivity contribution in [3.05, 3.63) is 85.8 Å². The van der Waals surface area contributed by atoms with Crippen LogP contribution in [0.3, 0.4) is 0 Å². The third-order valence-corrected chi connectivity index (χ3v) is 5.05. The zero-order chi connectivity index (χ0) is 23.3. The Hall–Kier alpha value is -3.93. The molecule has 2 aromatic heterocycles. The summed E-state index contributed by atoms with van der Waals surface area (Å²) in [7, 11) is 0. The van der Waals surface area contributed by atoms with Gasteiger partial charge in [0.15, 0.2) is 0 Å². The molecule has 0 saturated carbocycles. The van der Waals surface area contributed by atoms with E-state index in [4.69, 9.17) is 11.6 Å². The Morgan fingerprint density at radius 1 is 1.12 bits per heavy atom. The molecule has 9 nitrogen and oxygen atoms in total. The van der Waals surface area contributed by atoms with Crippen LogP contribution in [-0.2, 0) is 10.3 Å². The molecule has 3 N–H and O–H groups in total. The second kappa shape index (κ2) is 7.34. The second-order valence-electron chi connectivity index (χ2n) is 6.69. The normalized spacial score (nSPS) is 17.6. The zero-order valence-corrected chi connectivity index (χ0v) is 16.4. The summed E-state index contributed by atoms with van der Waals surface area (Å²) in [5, 5.41) is 3.84. The van der Waals surface area contributed by atoms with Gasteiger partial charge in [0, 0.05) is 17.4 Å². The number of pyridine rings is 1. The number of rotatable bonds is 3. The van der Waals surface area contributed by atoms with E-state index in [0.717, 1.165) is 6.20 Å². The van der Waals surface area contributed by atoms with Gasteiger partial charge in [0.05, 0.1) is 11.3 Å². The summed E-state index contributed by atoms with van der Waals surface area (Å²) in [6, 6.07) is 7.81. The predicted molar refractivity (Wildman–Crippen MR) is 106 cm³/mol. The number of fused-ring (bicyclic) bond motifs is 1. The fourth-order valence-electron chi connectivity index (χ4n) is 3.35. The highest BCUT2D eigenvalue weighted by molar-refractivity contribution is 6.30. The Bertz CT molecular complexity index is 1350. The number of alkyl halides is 3. The largest absolute Gasteiger partial charge is 0.425 e. The first-order chi connectivity index (χ1) is 15.1. The SMILES string of the molecule is O=C(NC1(C(F)(F)F)C(=O)Nc2c1c(=O)[nH]c(=O)n2-c1ccc(Cl)cc1)c1cccnc1. The number of benzene rings is 1. The molecular weight excluding hydrogens is 455 g/mol. The highest BCUT2D eigenvalue weighted by Gasteiger charge is 2.68. The van der Waals surface area contributed by atoms with Crippen LogP contribution in [0.4, 0.5) is 19.0 Å². The molecule has 0 saturated heterocycles. The van der Waals surface area contributed by atoms with Gasteiger partial charge in [0.1, 0.15) is 11.4 Å². The van der Waals surface area contributed by atoms with E-state index in [1.807, 2.05) is 5.32 Å². The number of carbonyl (C=O) groups excluding carboxylic acids is 2. The van der Waals surface area contributed by atoms with Gasteiger partial charge in [-0.15, -0.1) is 0 Å². The van der Waals surface area contributed by atoms with Crippen molar-refractivity contribution in [1.82, 2.24) is 19.9 Å². The van der Waals surface area contributed by atoms with Crippen LogP contribution in [-0.4, -0.2) is 32.5 Å². The summed E-state index contributed by atoms with van der Waals surface area (Å²) in [6.45, 7) is 0. The average molecular weight is 466 g/mol. The van der Waals surface area contributed by atoms with Gasteiger partial charge >= 0.3 is 11.9 Å².